The van der Waals surface area contributed by atoms with Crippen LogP contribution in [0.1, 0.15) is 45.7 Å². The number of benzene rings is 1. The van der Waals surface area contributed by atoms with Crippen LogP contribution in [0.3, 0.4) is 0 Å². The quantitative estimate of drug-likeness (QED) is 0.180. The maximum Gasteiger partial charge on any atom is 0.408 e. The number of fused-ring (bicyclic) bond motifs is 1. The lowest BCUT2D eigenvalue weighted by Gasteiger charge is -2.34. The monoisotopic (exact) mass is 601 g/mol. The van der Waals surface area contributed by atoms with Gasteiger partial charge in [0.1, 0.15) is 35.5 Å². The van der Waals surface area contributed by atoms with Gasteiger partial charge in [-0.3, -0.25) is 9.36 Å². The Hall–Kier alpha value is -3.26. The SMILES string of the molecule is CCCOC(=O)C(C)(C)NP(=O)(CO[C@H](C)Cn1cnc2c(N)ncnc21)N[C@H](c1cccc(OC)c1)C(F)(F)F. The fraction of sp³-hybridized carbons (Fsp3) is 0.520. The third-order valence-corrected chi connectivity index (χ3v) is 8.03. The molecule has 3 rings (SSSR count). The van der Waals surface area contributed by atoms with Crippen LogP contribution in [0.5, 0.6) is 5.75 Å². The molecule has 2 aromatic heterocycles. The van der Waals surface area contributed by atoms with Gasteiger partial charge >= 0.3 is 12.1 Å². The zero-order chi connectivity index (χ0) is 30.4. The zero-order valence-electron chi connectivity index (χ0n) is 23.4. The molecule has 4 N–H and O–H groups in total. The van der Waals surface area contributed by atoms with Crippen LogP contribution in [0, 0.1) is 0 Å². The van der Waals surface area contributed by atoms with Crippen molar-refractivity contribution in [2.75, 3.05) is 25.8 Å². The van der Waals surface area contributed by atoms with E-state index in [1.165, 1.54) is 57.9 Å². The number of nitrogens with zero attached hydrogens (tertiary/aromatic N) is 4. The van der Waals surface area contributed by atoms with E-state index >= 15 is 0 Å². The van der Waals surface area contributed by atoms with Crippen molar-refractivity contribution in [1.29, 1.82) is 0 Å². The highest BCUT2D eigenvalue weighted by Crippen LogP contribution is 2.47. The molecule has 0 amide bonds. The first kappa shape index (κ1) is 32.3. The minimum absolute atomic E-state index is 0.0944. The molecule has 0 saturated heterocycles. The first-order valence-corrected chi connectivity index (χ1v) is 14.7. The van der Waals surface area contributed by atoms with Crippen molar-refractivity contribution < 1.29 is 36.7 Å². The molecule has 0 radical (unpaired) electrons. The highest BCUT2D eigenvalue weighted by molar-refractivity contribution is 7.59. The second-order valence-corrected chi connectivity index (χ2v) is 12.1. The number of halogens is 3. The number of aromatic nitrogens is 4. The summed E-state index contributed by atoms with van der Waals surface area (Å²) >= 11 is 0. The summed E-state index contributed by atoms with van der Waals surface area (Å²) in [6.07, 6.45) is -2.95. The van der Waals surface area contributed by atoms with Gasteiger partial charge in [-0.2, -0.15) is 13.2 Å². The van der Waals surface area contributed by atoms with Crippen LogP contribution in [-0.2, 0) is 25.4 Å². The lowest BCUT2D eigenvalue weighted by molar-refractivity contribution is -0.153. The Labute approximate surface area is 235 Å². The van der Waals surface area contributed by atoms with E-state index in [0.717, 1.165) is 0 Å². The average molecular weight is 602 g/mol. The number of nitrogen functional groups attached to an aromatic ring is 1. The van der Waals surface area contributed by atoms with Gasteiger partial charge < -0.3 is 24.5 Å². The van der Waals surface area contributed by atoms with Gasteiger partial charge in [-0.1, -0.05) is 19.1 Å². The van der Waals surface area contributed by atoms with Crippen molar-refractivity contribution in [3.05, 3.63) is 42.5 Å². The molecule has 41 heavy (non-hydrogen) atoms. The molecule has 226 valence electrons. The molecule has 3 aromatic rings. The molecule has 0 spiro atoms. The van der Waals surface area contributed by atoms with Gasteiger partial charge in [-0.15, -0.1) is 0 Å². The standard InChI is InChI=1S/C25H35F3N7O5P/c1-6-10-39-23(36)24(3,4)34-41(37,33-20(25(26,27)28)17-8-7-9-18(11-17)38-5)15-40-16(2)12-35-14-32-19-21(29)30-13-31-22(19)35/h7-9,11,13-14,16,20H,6,10,12,15H2,1-5H3,(H2,29,30,31)(H2,33,34,37)/t16-,20-,41?/m1/s1. The van der Waals surface area contributed by atoms with Gasteiger partial charge in [0.15, 0.2) is 11.5 Å². The van der Waals surface area contributed by atoms with Crippen LogP contribution in [0.25, 0.3) is 11.2 Å². The summed E-state index contributed by atoms with van der Waals surface area (Å²) in [5.74, 6) is -0.402. The number of ether oxygens (including phenoxy) is 3. The molecule has 0 saturated carbocycles. The summed E-state index contributed by atoms with van der Waals surface area (Å²) in [6, 6.07) is 2.93. The van der Waals surface area contributed by atoms with Crippen LogP contribution < -0.4 is 20.6 Å². The summed E-state index contributed by atoms with van der Waals surface area (Å²) in [6.45, 7) is 6.44. The lowest BCUT2D eigenvalue weighted by Crippen LogP contribution is -2.50. The summed E-state index contributed by atoms with van der Waals surface area (Å²) < 4.78 is 74.9. The predicted molar refractivity (Wildman–Crippen MR) is 146 cm³/mol. The van der Waals surface area contributed by atoms with Crippen LogP contribution in [0.15, 0.2) is 36.9 Å². The van der Waals surface area contributed by atoms with Crippen molar-refractivity contribution in [2.45, 2.75) is 64.5 Å². The van der Waals surface area contributed by atoms with Gasteiger partial charge in [0, 0.05) is 0 Å². The highest BCUT2D eigenvalue weighted by Gasteiger charge is 2.47. The normalized spacial score (nSPS) is 15.3. The topological polar surface area (TPSA) is 156 Å². The van der Waals surface area contributed by atoms with Gasteiger partial charge in [0.2, 0.25) is 7.44 Å². The Balaban J connectivity index is 1.89. The molecule has 2 heterocycles. The summed E-state index contributed by atoms with van der Waals surface area (Å²) in [7, 11) is -3.00. The van der Waals surface area contributed by atoms with Gasteiger partial charge in [0.25, 0.3) is 0 Å². The number of methoxy groups -OCH3 is 1. The number of nitrogens with one attached hydrogen (secondary N) is 2. The van der Waals surface area contributed by atoms with E-state index in [1.807, 2.05) is 0 Å². The number of carbonyl (C=O) groups excluding carboxylic acids is 1. The van der Waals surface area contributed by atoms with E-state index in [9.17, 15) is 22.5 Å². The maximum absolute atomic E-state index is 14.3. The largest absolute Gasteiger partial charge is 0.497 e. The Morgan fingerprint density at radius 1 is 1.22 bits per heavy atom. The molecule has 12 nitrogen and oxygen atoms in total. The second kappa shape index (κ2) is 13.1. The Morgan fingerprint density at radius 2 is 1.95 bits per heavy atom. The van der Waals surface area contributed by atoms with Crippen molar-refractivity contribution in [3.8, 4) is 5.75 Å². The maximum atomic E-state index is 14.3. The number of imidazole rings is 1. The average Bonchev–Trinajstić information content (AvgIpc) is 3.32. The fourth-order valence-corrected chi connectivity index (χ4v) is 6.31. The number of alkyl halides is 3. The summed E-state index contributed by atoms with van der Waals surface area (Å²) in [5, 5.41) is 4.82. The number of hydrogen-bond donors (Lipinski definition) is 3. The Morgan fingerprint density at radius 3 is 2.61 bits per heavy atom. The number of carbonyl (C=O) groups is 1. The van der Waals surface area contributed by atoms with Gasteiger partial charge in [0.05, 0.1) is 32.7 Å². The molecule has 3 atom stereocenters. The smallest absolute Gasteiger partial charge is 0.408 e. The molecule has 0 fully saturated rings. The van der Waals surface area contributed by atoms with Crippen molar-refractivity contribution in [2.24, 2.45) is 0 Å². The van der Waals surface area contributed by atoms with E-state index in [2.05, 4.69) is 25.1 Å². The third-order valence-electron chi connectivity index (χ3n) is 5.92. The molecule has 1 unspecified atom stereocenters. The van der Waals surface area contributed by atoms with Crippen LogP contribution >= 0.6 is 7.44 Å². The van der Waals surface area contributed by atoms with E-state index < -0.39 is 43.6 Å². The lowest BCUT2D eigenvalue weighted by atomic mass is 10.1. The highest BCUT2D eigenvalue weighted by atomic mass is 31.2. The van der Waals surface area contributed by atoms with Gasteiger partial charge in [-0.25, -0.2) is 25.1 Å². The minimum Gasteiger partial charge on any atom is -0.497 e. The predicted octanol–water partition coefficient (Wildman–Crippen LogP) is 4.19. The first-order chi connectivity index (χ1) is 19.2. The van der Waals surface area contributed by atoms with E-state index in [-0.39, 0.29) is 30.3 Å². The number of anilines is 1. The molecular weight excluding hydrogens is 566 g/mol. The zero-order valence-corrected chi connectivity index (χ0v) is 24.3. The van der Waals surface area contributed by atoms with Crippen molar-refractivity contribution >= 4 is 30.4 Å². The number of nitrogens with two attached hydrogens (primary N) is 1. The van der Waals surface area contributed by atoms with Gasteiger partial charge in [-0.05, 0) is 44.9 Å². The molecular formula is C25H35F3N7O5P. The summed E-state index contributed by atoms with van der Waals surface area (Å²) in [4.78, 5) is 24.9. The van der Waals surface area contributed by atoms with Crippen molar-refractivity contribution in [3.63, 3.8) is 0 Å². The molecule has 0 aliphatic rings. The first-order valence-electron chi connectivity index (χ1n) is 12.8. The fourth-order valence-electron chi connectivity index (χ4n) is 3.93. The van der Waals surface area contributed by atoms with E-state index in [4.69, 9.17) is 19.9 Å². The number of rotatable bonds is 14. The Bertz CT molecular complexity index is 1390. The van der Waals surface area contributed by atoms with E-state index in [1.54, 1.807) is 18.4 Å². The van der Waals surface area contributed by atoms with Crippen LogP contribution in [-0.4, -0.2) is 63.4 Å². The van der Waals surface area contributed by atoms with Crippen LogP contribution in [0.2, 0.25) is 0 Å². The molecule has 1 aromatic carbocycles. The summed E-state index contributed by atoms with van der Waals surface area (Å²) in [5.41, 5.74) is 4.79. The van der Waals surface area contributed by atoms with E-state index in [0.29, 0.717) is 17.6 Å². The molecule has 0 aliphatic carbocycles. The minimum atomic E-state index is -4.86. The molecule has 0 aliphatic heterocycles. The second-order valence-electron chi connectivity index (χ2n) is 9.93. The molecule has 0 bridgehead atoms. The Kier molecular flexibility index (Phi) is 10.3. The third kappa shape index (κ3) is 8.38. The van der Waals surface area contributed by atoms with Crippen LogP contribution in [0.4, 0.5) is 19.0 Å². The van der Waals surface area contributed by atoms with Crippen molar-refractivity contribution in [1.82, 2.24) is 29.7 Å². The number of hydrogen-bond acceptors (Lipinski definition) is 9. The molecule has 16 heteroatoms. The number of esters is 1.